The van der Waals surface area contributed by atoms with Crippen LogP contribution in [0.3, 0.4) is 0 Å². The van der Waals surface area contributed by atoms with Gasteiger partial charge in [-0.3, -0.25) is 0 Å². The lowest BCUT2D eigenvalue weighted by molar-refractivity contribution is 0.393. The molecule has 0 aromatic heterocycles. The van der Waals surface area contributed by atoms with Gasteiger partial charge in [0, 0.05) is 12.3 Å². The highest BCUT2D eigenvalue weighted by Crippen LogP contribution is 2.34. The lowest BCUT2D eigenvalue weighted by Gasteiger charge is -2.24. The molecule has 1 N–H and O–H groups in total. The number of methoxy groups -OCH3 is 1. The standard InChI is InChI=1S/C14H20BrNO3S/c1-19-14-12(15)8-10(9-13(14)20(2,17)18)7-11-5-3-4-6-16-11/h8-9,11,16H,3-7H2,1-2H3. The van der Waals surface area contributed by atoms with E-state index in [0.29, 0.717) is 16.3 Å². The number of rotatable bonds is 4. The summed E-state index contributed by atoms with van der Waals surface area (Å²) < 4.78 is 29.7. The topological polar surface area (TPSA) is 55.4 Å². The Balaban J connectivity index is 2.33. The quantitative estimate of drug-likeness (QED) is 0.895. The Morgan fingerprint density at radius 1 is 1.40 bits per heavy atom. The highest BCUT2D eigenvalue weighted by atomic mass is 79.9. The molecule has 1 aromatic carbocycles. The molecular formula is C14H20BrNO3S. The van der Waals surface area contributed by atoms with Gasteiger partial charge in [0.05, 0.1) is 11.6 Å². The number of ether oxygens (including phenoxy) is 1. The molecule has 1 heterocycles. The number of hydrogen-bond donors (Lipinski definition) is 1. The van der Waals surface area contributed by atoms with Crippen molar-refractivity contribution in [3.63, 3.8) is 0 Å². The van der Waals surface area contributed by atoms with Gasteiger partial charge in [0.25, 0.3) is 0 Å². The first-order valence-electron chi connectivity index (χ1n) is 6.71. The minimum atomic E-state index is -3.31. The molecule has 0 radical (unpaired) electrons. The maximum absolute atomic E-state index is 11.9. The van der Waals surface area contributed by atoms with Gasteiger partial charge in [-0.25, -0.2) is 8.42 Å². The predicted octanol–water partition coefficient (Wildman–Crippen LogP) is 2.55. The third-order valence-corrected chi connectivity index (χ3v) is 5.26. The zero-order valence-corrected chi connectivity index (χ0v) is 14.2. The van der Waals surface area contributed by atoms with Gasteiger partial charge < -0.3 is 10.1 Å². The van der Waals surface area contributed by atoms with Gasteiger partial charge in [-0.2, -0.15) is 0 Å². The number of sulfone groups is 1. The Hall–Kier alpha value is -0.590. The number of halogens is 1. The maximum Gasteiger partial charge on any atom is 0.179 e. The first-order valence-corrected chi connectivity index (χ1v) is 9.40. The highest BCUT2D eigenvalue weighted by Gasteiger charge is 2.20. The zero-order valence-electron chi connectivity index (χ0n) is 11.8. The van der Waals surface area contributed by atoms with Crippen molar-refractivity contribution in [3.05, 3.63) is 22.2 Å². The minimum Gasteiger partial charge on any atom is -0.494 e. The van der Waals surface area contributed by atoms with Crippen LogP contribution in [0.25, 0.3) is 0 Å². The van der Waals surface area contributed by atoms with Gasteiger partial charge in [-0.05, 0) is 59.4 Å². The van der Waals surface area contributed by atoms with E-state index in [-0.39, 0.29) is 4.90 Å². The summed E-state index contributed by atoms with van der Waals surface area (Å²) in [6.07, 6.45) is 5.63. The molecule has 1 saturated heterocycles. The highest BCUT2D eigenvalue weighted by molar-refractivity contribution is 9.10. The number of piperidine rings is 1. The van der Waals surface area contributed by atoms with Crippen molar-refractivity contribution in [1.29, 1.82) is 0 Å². The van der Waals surface area contributed by atoms with E-state index in [9.17, 15) is 8.42 Å². The molecule has 0 bridgehead atoms. The van der Waals surface area contributed by atoms with Gasteiger partial charge in [0.2, 0.25) is 0 Å². The Labute approximate surface area is 129 Å². The summed E-state index contributed by atoms with van der Waals surface area (Å²) >= 11 is 3.41. The molecule has 1 atom stereocenters. The van der Waals surface area contributed by atoms with Crippen LogP contribution in [0.5, 0.6) is 5.75 Å². The SMILES string of the molecule is COc1c(Br)cc(CC2CCCCN2)cc1S(C)(=O)=O. The summed E-state index contributed by atoms with van der Waals surface area (Å²) in [6, 6.07) is 4.11. The van der Waals surface area contributed by atoms with E-state index >= 15 is 0 Å². The fourth-order valence-corrected chi connectivity index (χ4v) is 4.29. The summed E-state index contributed by atoms with van der Waals surface area (Å²) in [5, 5.41) is 3.48. The van der Waals surface area contributed by atoms with Crippen LogP contribution in [0.15, 0.2) is 21.5 Å². The molecule has 0 saturated carbocycles. The summed E-state index contributed by atoms with van der Waals surface area (Å²) in [7, 11) is -1.82. The average Bonchev–Trinajstić information content (AvgIpc) is 2.38. The second-order valence-electron chi connectivity index (χ2n) is 5.23. The molecule has 0 amide bonds. The molecule has 1 fully saturated rings. The molecule has 0 aliphatic carbocycles. The average molecular weight is 362 g/mol. The largest absolute Gasteiger partial charge is 0.494 e. The van der Waals surface area contributed by atoms with Crippen molar-refractivity contribution in [2.75, 3.05) is 19.9 Å². The first-order chi connectivity index (χ1) is 9.41. The minimum absolute atomic E-state index is 0.250. The molecule has 112 valence electrons. The van der Waals surface area contributed by atoms with Crippen LogP contribution < -0.4 is 10.1 Å². The van der Waals surface area contributed by atoms with E-state index in [4.69, 9.17) is 4.74 Å². The van der Waals surface area contributed by atoms with Crippen molar-refractivity contribution < 1.29 is 13.2 Å². The monoisotopic (exact) mass is 361 g/mol. The normalized spacial score (nSPS) is 19.9. The van der Waals surface area contributed by atoms with Crippen molar-refractivity contribution in [1.82, 2.24) is 5.32 Å². The summed E-state index contributed by atoms with van der Waals surface area (Å²) in [6.45, 7) is 1.04. The second-order valence-corrected chi connectivity index (χ2v) is 8.07. The number of nitrogens with one attached hydrogen (secondary N) is 1. The van der Waals surface area contributed by atoms with Crippen molar-refractivity contribution in [2.24, 2.45) is 0 Å². The van der Waals surface area contributed by atoms with E-state index in [1.165, 1.54) is 26.2 Å². The smallest absolute Gasteiger partial charge is 0.179 e. The van der Waals surface area contributed by atoms with Crippen LogP contribution in [0.1, 0.15) is 24.8 Å². The number of hydrogen-bond acceptors (Lipinski definition) is 4. The van der Waals surface area contributed by atoms with Crippen molar-refractivity contribution in [2.45, 2.75) is 36.6 Å². The van der Waals surface area contributed by atoms with E-state index in [1.807, 2.05) is 6.07 Å². The van der Waals surface area contributed by atoms with Crippen LogP contribution in [-0.2, 0) is 16.3 Å². The molecule has 20 heavy (non-hydrogen) atoms. The van der Waals surface area contributed by atoms with Crippen LogP contribution in [-0.4, -0.2) is 34.4 Å². The molecule has 1 aliphatic heterocycles. The van der Waals surface area contributed by atoms with E-state index in [2.05, 4.69) is 21.2 Å². The molecule has 4 nitrogen and oxygen atoms in total. The Morgan fingerprint density at radius 2 is 2.15 bits per heavy atom. The Morgan fingerprint density at radius 3 is 2.70 bits per heavy atom. The molecule has 2 rings (SSSR count). The van der Waals surface area contributed by atoms with Crippen molar-refractivity contribution >= 4 is 25.8 Å². The first kappa shape index (κ1) is 15.8. The second kappa shape index (κ2) is 6.45. The van der Waals surface area contributed by atoms with Gasteiger partial charge in [0.1, 0.15) is 4.90 Å². The van der Waals surface area contributed by atoms with Crippen LogP contribution >= 0.6 is 15.9 Å². The molecule has 6 heteroatoms. The molecular weight excluding hydrogens is 342 g/mol. The maximum atomic E-state index is 11.9. The third-order valence-electron chi connectivity index (χ3n) is 3.57. The molecule has 1 unspecified atom stereocenters. The summed E-state index contributed by atoms with van der Waals surface area (Å²) in [4.78, 5) is 0.250. The summed E-state index contributed by atoms with van der Waals surface area (Å²) in [5.41, 5.74) is 1.01. The lowest BCUT2D eigenvalue weighted by Crippen LogP contribution is -2.35. The van der Waals surface area contributed by atoms with Gasteiger partial charge in [0.15, 0.2) is 15.6 Å². The molecule has 0 spiro atoms. The fraction of sp³-hybridized carbons (Fsp3) is 0.571. The Kier molecular flexibility index (Phi) is 5.09. The predicted molar refractivity (Wildman–Crippen MR) is 83.1 cm³/mol. The van der Waals surface area contributed by atoms with Gasteiger partial charge in [-0.1, -0.05) is 6.42 Å². The van der Waals surface area contributed by atoms with Gasteiger partial charge >= 0.3 is 0 Å². The van der Waals surface area contributed by atoms with E-state index in [0.717, 1.165) is 24.9 Å². The van der Waals surface area contributed by atoms with Gasteiger partial charge in [-0.15, -0.1) is 0 Å². The van der Waals surface area contributed by atoms with Crippen LogP contribution in [0, 0.1) is 0 Å². The molecule has 1 aliphatic rings. The number of benzene rings is 1. The lowest BCUT2D eigenvalue weighted by atomic mass is 9.98. The fourth-order valence-electron chi connectivity index (χ4n) is 2.60. The third kappa shape index (κ3) is 3.74. The summed E-state index contributed by atoms with van der Waals surface area (Å²) in [5.74, 6) is 0.382. The zero-order chi connectivity index (χ0) is 14.8. The van der Waals surface area contributed by atoms with Crippen LogP contribution in [0.2, 0.25) is 0 Å². The van der Waals surface area contributed by atoms with E-state index < -0.39 is 9.84 Å². The molecule has 1 aromatic rings. The van der Waals surface area contributed by atoms with E-state index in [1.54, 1.807) is 6.07 Å². The van der Waals surface area contributed by atoms with Crippen LogP contribution in [0.4, 0.5) is 0 Å². The Bertz CT molecular complexity index is 580. The van der Waals surface area contributed by atoms with Crippen molar-refractivity contribution in [3.8, 4) is 5.75 Å².